The van der Waals surface area contributed by atoms with E-state index in [0.717, 1.165) is 16.5 Å². The fourth-order valence-electron chi connectivity index (χ4n) is 2.24. The minimum absolute atomic E-state index is 0.0832. The van der Waals surface area contributed by atoms with E-state index in [0.29, 0.717) is 5.92 Å². The van der Waals surface area contributed by atoms with Crippen LogP contribution >= 0.6 is 11.8 Å². The lowest BCUT2D eigenvalue weighted by atomic mass is 10.1. The van der Waals surface area contributed by atoms with Crippen molar-refractivity contribution < 1.29 is 4.92 Å². The van der Waals surface area contributed by atoms with E-state index in [1.54, 1.807) is 23.9 Å². The van der Waals surface area contributed by atoms with Crippen molar-refractivity contribution in [1.82, 2.24) is 14.8 Å². The SMILES string of the molecule is C[C@H](Sc1nnc(C2CC2)n1C)c1cccc([N+](=O)[O-])c1. The second-order valence-electron chi connectivity index (χ2n) is 5.29. The highest BCUT2D eigenvalue weighted by atomic mass is 32.2. The maximum absolute atomic E-state index is 10.8. The summed E-state index contributed by atoms with van der Waals surface area (Å²) in [5, 5.41) is 20.3. The number of aromatic nitrogens is 3. The van der Waals surface area contributed by atoms with Gasteiger partial charge in [-0.05, 0) is 25.3 Å². The molecule has 0 unspecified atom stereocenters. The number of non-ortho nitro benzene ring substituents is 1. The molecule has 1 aromatic carbocycles. The van der Waals surface area contributed by atoms with Crippen LogP contribution in [0.3, 0.4) is 0 Å². The molecule has 1 aromatic heterocycles. The molecule has 0 saturated heterocycles. The van der Waals surface area contributed by atoms with Crippen LogP contribution in [0.1, 0.15) is 42.3 Å². The molecule has 3 rings (SSSR count). The maximum atomic E-state index is 10.8. The van der Waals surface area contributed by atoms with Crippen LogP contribution in [0, 0.1) is 10.1 Å². The van der Waals surface area contributed by atoms with E-state index in [9.17, 15) is 10.1 Å². The summed E-state index contributed by atoms with van der Waals surface area (Å²) in [6.45, 7) is 2.02. The molecule has 1 atom stereocenters. The third-order valence-electron chi connectivity index (χ3n) is 3.64. The summed E-state index contributed by atoms with van der Waals surface area (Å²) < 4.78 is 2.04. The zero-order chi connectivity index (χ0) is 15.0. The summed E-state index contributed by atoms with van der Waals surface area (Å²) in [6, 6.07) is 6.75. The van der Waals surface area contributed by atoms with Crippen molar-refractivity contribution in [2.45, 2.75) is 36.1 Å². The first-order valence-electron chi connectivity index (χ1n) is 6.86. The standard InChI is InChI=1S/C14H16N4O2S/c1-9(11-4-3-5-12(8-11)18(19)20)21-14-16-15-13(17(14)2)10-6-7-10/h3-5,8-10H,6-7H2,1-2H3/t9-/m0/s1. The first-order valence-corrected chi connectivity index (χ1v) is 7.74. The normalized spacial score (nSPS) is 15.9. The smallest absolute Gasteiger partial charge is 0.269 e. The van der Waals surface area contributed by atoms with Crippen LogP contribution < -0.4 is 0 Å². The highest BCUT2D eigenvalue weighted by Crippen LogP contribution is 2.41. The predicted molar refractivity (Wildman–Crippen MR) is 80.3 cm³/mol. The second kappa shape index (κ2) is 5.48. The molecule has 2 aromatic rings. The average molecular weight is 304 g/mol. The van der Waals surface area contributed by atoms with Crippen molar-refractivity contribution >= 4 is 17.4 Å². The van der Waals surface area contributed by atoms with E-state index >= 15 is 0 Å². The Hall–Kier alpha value is -1.89. The fraction of sp³-hybridized carbons (Fsp3) is 0.429. The highest BCUT2D eigenvalue weighted by Gasteiger charge is 2.29. The van der Waals surface area contributed by atoms with Gasteiger partial charge in [0.15, 0.2) is 5.16 Å². The van der Waals surface area contributed by atoms with Gasteiger partial charge in [-0.15, -0.1) is 10.2 Å². The molecule has 1 heterocycles. The van der Waals surface area contributed by atoms with Crippen LogP contribution in [-0.4, -0.2) is 19.7 Å². The van der Waals surface area contributed by atoms with Crippen LogP contribution in [0.25, 0.3) is 0 Å². The van der Waals surface area contributed by atoms with E-state index < -0.39 is 0 Å². The summed E-state index contributed by atoms with van der Waals surface area (Å²) in [6.07, 6.45) is 2.38. The van der Waals surface area contributed by atoms with Crippen molar-refractivity contribution in [3.05, 3.63) is 45.8 Å². The first kappa shape index (κ1) is 14.1. The number of nitro groups is 1. The van der Waals surface area contributed by atoms with Gasteiger partial charge in [-0.25, -0.2) is 0 Å². The number of nitro benzene ring substituents is 1. The van der Waals surface area contributed by atoms with Crippen molar-refractivity contribution in [3.63, 3.8) is 0 Å². The van der Waals surface area contributed by atoms with E-state index in [2.05, 4.69) is 10.2 Å². The molecule has 0 amide bonds. The lowest BCUT2D eigenvalue weighted by Crippen LogP contribution is -1.99. The third-order valence-corrected chi connectivity index (χ3v) is 4.84. The van der Waals surface area contributed by atoms with Gasteiger partial charge in [0, 0.05) is 30.3 Å². The average Bonchev–Trinajstić information content (AvgIpc) is 3.25. The lowest BCUT2D eigenvalue weighted by Gasteiger charge is -2.11. The van der Waals surface area contributed by atoms with Crippen molar-refractivity contribution in [2.24, 2.45) is 7.05 Å². The van der Waals surface area contributed by atoms with Gasteiger partial charge in [0.25, 0.3) is 5.69 Å². The second-order valence-corrected chi connectivity index (χ2v) is 6.59. The van der Waals surface area contributed by atoms with Crippen LogP contribution in [0.4, 0.5) is 5.69 Å². The molecule has 7 heteroatoms. The van der Waals surface area contributed by atoms with Gasteiger partial charge in [0.1, 0.15) is 5.82 Å². The van der Waals surface area contributed by atoms with Gasteiger partial charge >= 0.3 is 0 Å². The number of hydrogen-bond acceptors (Lipinski definition) is 5. The molecule has 0 aliphatic heterocycles. The fourth-order valence-corrected chi connectivity index (χ4v) is 3.18. The third kappa shape index (κ3) is 2.92. The topological polar surface area (TPSA) is 73.8 Å². The molecule has 21 heavy (non-hydrogen) atoms. The molecule has 1 fully saturated rings. The van der Waals surface area contributed by atoms with Gasteiger partial charge in [-0.3, -0.25) is 10.1 Å². The molecular formula is C14H16N4O2S. The Kier molecular flexibility index (Phi) is 3.67. The Balaban J connectivity index is 1.78. The number of rotatable bonds is 5. The summed E-state index contributed by atoms with van der Waals surface area (Å²) in [4.78, 5) is 10.5. The van der Waals surface area contributed by atoms with Gasteiger partial charge < -0.3 is 4.57 Å². The molecule has 1 saturated carbocycles. The molecule has 110 valence electrons. The van der Waals surface area contributed by atoms with Crippen LogP contribution in [0.15, 0.2) is 29.4 Å². The largest absolute Gasteiger partial charge is 0.309 e. The Morgan fingerprint density at radius 2 is 2.19 bits per heavy atom. The van der Waals surface area contributed by atoms with Crippen LogP contribution in [-0.2, 0) is 7.05 Å². The Bertz CT molecular complexity index is 681. The molecule has 0 spiro atoms. The zero-order valence-electron chi connectivity index (χ0n) is 11.9. The molecule has 1 aliphatic carbocycles. The maximum Gasteiger partial charge on any atom is 0.269 e. The van der Waals surface area contributed by atoms with Gasteiger partial charge in [-0.2, -0.15) is 0 Å². The minimum atomic E-state index is -0.367. The summed E-state index contributed by atoms with van der Waals surface area (Å²) in [5.41, 5.74) is 1.04. The van der Waals surface area contributed by atoms with E-state index in [-0.39, 0.29) is 15.9 Å². The minimum Gasteiger partial charge on any atom is -0.309 e. The highest BCUT2D eigenvalue weighted by molar-refractivity contribution is 7.99. The quantitative estimate of drug-likeness (QED) is 0.480. The Morgan fingerprint density at radius 3 is 2.86 bits per heavy atom. The van der Waals surface area contributed by atoms with Crippen molar-refractivity contribution in [1.29, 1.82) is 0 Å². The monoisotopic (exact) mass is 304 g/mol. The van der Waals surface area contributed by atoms with Gasteiger partial charge in [0.2, 0.25) is 0 Å². The molecule has 0 radical (unpaired) electrons. The van der Waals surface area contributed by atoms with Crippen LogP contribution in [0.5, 0.6) is 0 Å². The number of benzene rings is 1. The number of thioether (sulfide) groups is 1. The predicted octanol–water partition coefficient (Wildman–Crippen LogP) is 3.45. The van der Waals surface area contributed by atoms with E-state index in [1.165, 1.54) is 18.9 Å². The molecule has 6 nitrogen and oxygen atoms in total. The molecule has 0 N–H and O–H groups in total. The molecular weight excluding hydrogens is 288 g/mol. The summed E-state index contributed by atoms with van der Waals surface area (Å²) in [7, 11) is 1.98. The Morgan fingerprint density at radius 1 is 1.43 bits per heavy atom. The molecule has 1 aliphatic rings. The van der Waals surface area contributed by atoms with Crippen molar-refractivity contribution in [2.75, 3.05) is 0 Å². The van der Waals surface area contributed by atoms with E-state index in [1.807, 2.05) is 24.6 Å². The lowest BCUT2D eigenvalue weighted by molar-refractivity contribution is -0.384. The summed E-state index contributed by atoms with van der Waals surface area (Å²) in [5.74, 6) is 1.61. The van der Waals surface area contributed by atoms with Gasteiger partial charge in [0.05, 0.1) is 4.92 Å². The van der Waals surface area contributed by atoms with Crippen molar-refractivity contribution in [3.8, 4) is 0 Å². The number of nitrogens with zero attached hydrogens (tertiary/aromatic N) is 4. The van der Waals surface area contributed by atoms with E-state index in [4.69, 9.17) is 0 Å². The first-order chi connectivity index (χ1) is 10.1. The number of hydrogen-bond donors (Lipinski definition) is 0. The summed E-state index contributed by atoms with van der Waals surface area (Å²) >= 11 is 1.58. The molecule has 0 bridgehead atoms. The van der Waals surface area contributed by atoms with Crippen LogP contribution in [0.2, 0.25) is 0 Å². The Labute approximate surface area is 126 Å². The van der Waals surface area contributed by atoms with Gasteiger partial charge in [-0.1, -0.05) is 23.9 Å². The zero-order valence-corrected chi connectivity index (χ0v) is 12.7.